The van der Waals surface area contributed by atoms with Crippen molar-refractivity contribution >= 4 is 21.6 Å². The van der Waals surface area contributed by atoms with Crippen molar-refractivity contribution in [3.63, 3.8) is 0 Å². The molecule has 2 saturated heterocycles. The zero-order valence-corrected chi connectivity index (χ0v) is 20.1. The highest BCUT2D eigenvalue weighted by Crippen LogP contribution is 2.24. The third-order valence-corrected chi connectivity index (χ3v) is 8.65. The summed E-state index contributed by atoms with van der Waals surface area (Å²) in [5, 5.41) is 3.09. The quantitative estimate of drug-likeness (QED) is 0.673. The number of piperazine rings is 1. The molecule has 2 fully saturated rings. The van der Waals surface area contributed by atoms with Crippen LogP contribution in [0.3, 0.4) is 0 Å². The molecule has 8 heteroatoms. The van der Waals surface area contributed by atoms with Crippen molar-refractivity contribution in [2.45, 2.75) is 30.7 Å². The van der Waals surface area contributed by atoms with Crippen LogP contribution < -0.4 is 10.2 Å². The van der Waals surface area contributed by atoms with Crippen LogP contribution in [0.4, 0.5) is 5.69 Å². The number of piperidine rings is 1. The van der Waals surface area contributed by atoms with Crippen LogP contribution in [0.25, 0.3) is 0 Å². The van der Waals surface area contributed by atoms with Crippen LogP contribution in [-0.2, 0) is 14.8 Å². The largest absolute Gasteiger partial charge is 0.369 e. The predicted octanol–water partition coefficient (Wildman–Crippen LogP) is 2.41. The lowest BCUT2D eigenvalue weighted by atomic mass is 9.99. The second-order valence-corrected chi connectivity index (χ2v) is 10.9. The van der Waals surface area contributed by atoms with Crippen LogP contribution in [0.1, 0.15) is 19.8 Å². The van der Waals surface area contributed by atoms with E-state index in [2.05, 4.69) is 46.3 Å². The van der Waals surface area contributed by atoms with E-state index in [9.17, 15) is 13.2 Å². The van der Waals surface area contributed by atoms with Crippen molar-refractivity contribution in [3.8, 4) is 0 Å². The van der Waals surface area contributed by atoms with Crippen molar-refractivity contribution in [3.05, 3.63) is 60.7 Å². The van der Waals surface area contributed by atoms with Gasteiger partial charge >= 0.3 is 0 Å². The number of para-hydroxylation sites is 1. The van der Waals surface area contributed by atoms with E-state index in [1.165, 1.54) is 9.99 Å². The molecule has 0 radical (unpaired) electrons. The fourth-order valence-electron chi connectivity index (χ4n) is 4.70. The molecule has 2 atom stereocenters. The van der Waals surface area contributed by atoms with Crippen LogP contribution in [-0.4, -0.2) is 75.4 Å². The molecule has 7 nitrogen and oxygen atoms in total. The molecule has 0 saturated carbocycles. The predicted molar refractivity (Wildman–Crippen MR) is 131 cm³/mol. The van der Waals surface area contributed by atoms with Gasteiger partial charge in [-0.3, -0.25) is 9.69 Å². The topological polar surface area (TPSA) is 73.0 Å². The van der Waals surface area contributed by atoms with E-state index in [-0.39, 0.29) is 29.3 Å². The van der Waals surface area contributed by atoms with Gasteiger partial charge in [-0.05, 0) is 44.0 Å². The molecular formula is C25H34N4O3S. The van der Waals surface area contributed by atoms with Crippen LogP contribution in [0.2, 0.25) is 0 Å². The zero-order chi connectivity index (χ0) is 23.3. The van der Waals surface area contributed by atoms with E-state index in [1.54, 1.807) is 30.3 Å². The van der Waals surface area contributed by atoms with E-state index in [0.717, 1.165) is 32.6 Å². The molecule has 0 aliphatic carbocycles. The Kier molecular flexibility index (Phi) is 7.67. The highest BCUT2D eigenvalue weighted by Gasteiger charge is 2.33. The third kappa shape index (κ3) is 5.75. The number of amides is 1. The second-order valence-electron chi connectivity index (χ2n) is 8.97. The summed E-state index contributed by atoms with van der Waals surface area (Å²) in [5.41, 5.74) is 1.26. The fourth-order valence-corrected chi connectivity index (χ4v) is 6.24. The number of benzene rings is 2. The van der Waals surface area contributed by atoms with Gasteiger partial charge in [0, 0.05) is 57.5 Å². The standard InChI is InChI=1S/C25H34N4O3S/c1-21(27-15-17-28(18-16-27)23-10-4-2-5-11-23)19-26-25(30)22-9-8-14-29(20-22)33(31,32)24-12-6-3-7-13-24/h2-7,10-13,21-22H,8-9,14-20H2,1H3,(H,26,30). The number of hydrogen-bond acceptors (Lipinski definition) is 5. The summed E-state index contributed by atoms with van der Waals surface area (Å²) in [6.07, 6.45) is 1.41. The summed E-state index contributed by atoms with van der Waals surface area (Å²) < 4.78 is 27.3. The summed E-state index contributed by atoms with van der Waals surface area (Å²) in [6, 6.07) is 19.2. The minimum Gasteiger partial charge on any atom is -0.369 e. The van der Waals surface area contributed by atoms with E-state index >= 15 is 0 Å². The number of nitrogens with one attached hydrogen (secondary N) is 1. The Morgan fingerprint density at radius 2 is 1.61 bits per heavy atom. The molecular weight excluding hydrogens is 436 g/mol. The summed E-state index contributed by atoms with van der Waals surface area (Å²) in [7, 11) is -3.56. The van der Waals surface area contributed by atoms with Crippen molar-refractivity contribution in [1.82, 2.24) is 14.5 Å². The van der Waals surface area contributed by atoms with E-state index in [0.29, 0.717) is 19.5 Å². The maximum absolute atomic E-state index is 12.9. The Morgan fingerprint density at radius 3 is 2.27 bits per heavy atom. The van der Waals surface area contributed by atoms with Crippen LogP contribution in [0, 0.1) is 5.92 Å². The molecule has 2 aromatic rings. The Labute approximate surface area is 197 Å². The van der Waals surface area contributed by atoms with Gasteiger partial charge in [-0.15, -0.1) is 0 Å². The summed E-state index contributed by atoms with van der Waals surface area (Å²) in [6.45, 7) is 7.28. The molecule has 2 aliphatic heterocycles. The first-order valence-electron chi connectivity index (χ1n) is 11.8. The molecule has 2 unspecified atom stereocenters. The molecule has 33 heavy (non-hydrogen) atoms. The lowest BCUT2D eigenvalue weighted by Crippen LogP contribution is -2.53. The SMILES string of the molecule is CC(CNC(=O)C1CCCN(S(=O)(=O)c2ccccc2)C1)N1CCN(c2ccccc2)CC1. The van der Waals surface area contributed by atoms with E-state index < -0.39 is 10.0 Å². The van der Waals surface area contributed by atoms with Gasteiger partial charge in [-0.25, -0.2) is 8.42 Å². The number of nitrogens with zero attached hydrogens (tertiary/aromatic N) is 3. The van der Waals surface area contributed by atoms with Crippen LogP contribution >= 0.6 is 0 Å². The molecule has 1 amide bonds. The number of sulfonamides is 1. The van der Waals surface area contributed by atoms with Crippen molar-refractivity contribution in [2.24, 2.45) is 5.92 Å². The highest BCUT2D eigenvalue weighted by molar-refractivity contribution is 7.89. The Balaban J connectivity index is 1.25. The molecule has 0 aromatic heterocycles. The lowest BCUT2D eigenvalue weighted by molar-refractivity contribution is -0.126. The number of carbonyl (C=O) groups excluding carboxylic acids is 1. The maximum atomic E-state index is 12.9. The number of hydrogen-bond donors (Lipinski definition) is 1. The number of carbonyl (C=O) groups is 1. The normalized spacial score (nSPS) is 21.5. The van der Waals surface area contributed by atoms with Gasteiger partial charge in [-0.2, -0.15) is 4.31 Å². The first-order valence-corrected chi connectivity index (χ1v) is 13.3. The molecule has 4 rings (SSSR count). The van der Waals surface area contributed by atoms with Gasteiger partial charge in [0.05, 0.1) is 10.8 Å². The van der Waals surface area contributed by atoms with E-state index in [1.807, 2.05) is 6.07 Å². The second kappa shape index (κ2) is 10.7. The van der Waals surface area contributed by atoms with Gasteiger partial charge in [0.1, 0.15) is 0 Å². The summed E-state index contributed by atoms with van der Waals surface area (Å²) in [5.74, 6) is -0.350. The zero-order valence-electron chi connectivity index (χ0n) is 19.3. The summed E-state index contributed by atoms with van der Waals surface area (Å²) in [4.78, 5) is 18.0. The van der Waals surface area contributed by atoms with Gasteiger partial charge < -0.3 is 10.2 Å². The molecule has 178 valence electrons. The van der Waals surface area contributed by atoms with E-state index in [4.69, 9.17) is 0 Å². The molecule has 2 aromatic carbocycles. The van der Waals surface area contributed by atoms with Crippen LogP contribution in [0.15, 0.2) is 65.6 Å². The van der Waals surface area contributed by atoms with Crippen molar-refractivity contribution in [1.29, 1.82) is 0 Å². The average molecular weight is 471 g/mol. The Morgan fingerprint density at radius 1 is 0.970 bits per heavy atom. The van der Waals surface area contributed by atoms with Crippen molar-refractivity contribution < 1.29 is 13.2 Å². The number of rotatable bonds is 7. The number of anilines is 1. The monoisotopic (exact) mass is 470 g/mol. The first kappa shape index (κ1) is 23.7. The smallest absolute Gasteiger partial charge is 0.243 e. The van der Waals surface area contributed by atoms with Crippen molar-refractivity contribution in [2.75, 3.05) is 50.7 Å². The molecule has 1 N–H and O–H groups in total. The fraction of sp³-hybridized carbons (Fsp3) is 0.480. The Bertz CT molecular complexity index is 1010. The van der Waals surface area contributed by atoms with Gasteiger partial charge in [0.2, 0.25) is 15.9 Å². The van der Waals surface area contributed by atoms with Crippen LogP contribution in [0.5, 0.6) is 0 Å². The molecule has 2 aliphatic rings. The molecule has 0 bridgehead atoms. The first-order chi connectivity index (χ1) is 15.9. The summed E-state index contributed by atoms with van der Waals surface area (Å²) >= 11 is 0. The minimum atomic E-state index is -3.56. The van der Waals surface area contributed by atoms with Gasteiger partial charge in [0.15, 0.2) is 0 Å². The Hall–Kier alpha value is -2.42. The maximum Gasteiger partial charge on any atom is 0.243 e. The average Bonchev–Trinajstić information content (AvgIpc) is 2.88. The lowest BCUT2D eigenvalue weighted by Gasteiger charge is -2.39. The molecule has 2 heterocycles. The van der Waals surface area contributed by atoms with Gasteiger partial charge in [-0.1, -0.05) is 36.4 Å². The highest BCUT2D eigenvalue weighted by atomic mass is 32.2. The minimum absolute atomic E-state index is 0.0438. The van der Waals surface area contributed by atoms with Gasteiger partial charge in [0.25, 0.3) is 0 Å². The molecule has 0 spiro atoms. The third-order valence-electron chi connectivity index (χ3n) is 6.77.